The number of aryl methyl sites for hydroxylation is 2. The Bertz CT molecular complexity index is 813. The van der Waals surface area contributed by atoms with Crippen LogP contribution >= 0.6 is 0 Å². The number of hydrogen-bond donors (Lipinski definition) is 1. The molecule has 3 nitrogen and oxygen atoms in total. The molecule has 21 heavy (non-hydrogen) atoms. The van der Waals surface area contributed by atoms with Crippen LogP contribution in [0.15, 0.2) is 59.4 Å². The van der Waals surface area contributed by atoms with E-state index in [-0.39, 0.29) is 5.56 Å². The molecule has 0 saturated heterocycles. The van der Waals surface area contributed by atoms with Crippen molar-refractivity contribution in [2.75, 3.05) is 0 Å². The molecule has 0 spiro atoms. The lowest BCUT2D eigenvalue weighted by atomic mass is 10.0. The average molecular weight is 278 g/mol. The van der Waals surface area contributed by atoms with Gasteiger partial charge in [0.15, 0.2) is 0 Å². The molecule has 2 aromatic carbocycles. The van der Waals surface area contributed by atoms with Gasteiger partial charge in [-0.05, 0) is 25.5 Å². The van der Waals surface area contributed by atoms with Crippen LogP contribution in [-0.4, -0.2) is 9.78 Å². The zero-order valence-corrected chi connectivity index (χ0v) is 12.3. The van der Waals surface area contributed by atoms with Crippen LogP contribution in [0.1, 0.15) is 12.5 Å². The summed E-state index contributed by atoms with van der Waals surface area (Å²) in [5.74, 6) is 0. The van der Waals surface area contributed by atoms with Gasteiger partial charge in [-0.1, -0.05) is 54.1 Å². The number of benzene rings is 2. The summed E-state index contributed by atoms with van der Waals surface area (Å²) in [6.07, 6.45) is 0. The highest BCUT2D eigenvalue weighted by atomic mass is 16.1. The molecule has 0 fully saturated rings. The summed E-state index contributed by atoms with van der Waals surface area (Å²) in [7, 11) is 0. The average Bonchev–Trinajstić information content (AvgIpc) is 2.85. The highest BCUT2D eigenvalue weighted by molar-refractivity contribution is 5.80. The Morgan fingerprint density at radius 1 is 1.00 bits per heavy atom. The number of nitrogens with zero attached hydrogens (tertiary/aromatic N) is 1. The van der Waals surface area contributed by atoms with Crippen LogP contribution in [0.5, 0.6) is 0 Å². The van der Waals surface area contributed by atoms with Crippen molar-refractivity contribution in [1.29, 1.82) is 0 Å². The van der Waals surface area contributed by atoms with Gasteiger partial charge in [-0.2, -0.15) is 0 Å². The molecule has 0 aliphatic rings. The number of H-pyrrole nitrogens is 1. The van der Waals surface area contributed by atoms with Gasteiger partial charge in [0, 0.05) is 12.1 Å². The van der Waals surface area contributed by atoms with E-state index in [1.165, 1.54) is 5.56 Å². The van der Waals surface area contributed by atoms with E-state index in [0.29, 0.717) is 0 Å². The number of hydrogen-bond acceptors (Lipinski definition) is 1. The van der Waals surface area contributed by atoms with Crippen molar-refractivity contribution < 1.29 is 0 Å². The predicted molar refractivity (Wildman–Crippen MR) is 86.3 cm³/mol. The molecule has 3 rings (SSSR count). The van der Waals surface area contributed by atoms with Gasteiger partial charge in [0.2, 0.25) is 0 Å². The maximum absolute atomic E-state index is 12.4. The molecule has 3 aromatic rings. The van der Waals surface area contributed by atoms with Gasteiger partial charge in [0.1, 0.15) is 0 Å². The third-order valence-corrected chi connectivity index (χ3v) is 3.64. The Hall–Kier alpha value is -2.55. The Labute approximate surface area is 123 Å². The van der Waals surface area contributed by atoms with Crippen LogP contribution in [0.3, 0.4) is 0 Å². The van der Waals surface area contributed by atoms with Crippen LogP contribution in [0.25, 0.3) is 22.4 Å². The van der Waals surface area contributed by atoms with Gasteiger partial charge >= 0.3 is 0 Å². The molecule has 1 N–H and O–H groups in total. The summed E-state index contributed by atoms with van der Waals surface area (Å²) in [6.45, 7) is 4.82. The monoisotopic (exact) mass is 278 g/mol. The van der Waals surface area contributed by atoms with Crippen LogP contribution in [0, 0.1) is 6.92 Å². The van der Waals surface area contributed by atoms with Crippen LogP contribution in [-0.2, 0) is 6.54 Å². The van der Waals surface area contributed by atoms with Gasteiger partial charge in [-0.3, -0.25) is 14.6 Å². The topological polar surface area (TPSA) is 37.8 Å². The molecule has 0 bridgehead atoms. The van der Waals surface area contributed by atoms with E-state index >= 15 is 0 Å². The molecular formula is C18H18N2O. The van der Waals surface area contributed by atoms with Crippen LogP contribution < -0.4 is 5.56 Å². The minimum Gasteiger partial charge on any atom is -0.284 e. The first-order valence-electron chi connectivity index (χ1n) is 7.16. The zero-order chi connectivity index (χ0) is 14.8. The summed E-state index contributed by atoms with van der Waals surface area (Å²) >= 11 is 0. The summed E-state index contributed by atoms with van der Waals surface area (Å²) in [4.78, 5) is 12.4. The Kier molecular flexibility index (Phi) is 3.48. The number of aromatic amines is 1. The number of aromatic nitrogens is 2. The normalized spacial score (nSPS) is 10.8. The molecule has 1 aromatic heterocycles. The minimum absolute atomic E-state index is 0.0421. The van der Waals surface area contributed by atoms with Gasteiger partial charge < -0.3 is 0 Å². The Balaban J connectivity index is 2.31. The molecule has 106 valence electrons. The summed E-state index contributed by atoms with van der Waals surface area (Å²) in [5.41, 5.74) is 4.85. The molecule has 0 unspecified atom stereocenters. The van der Waals surface area contributed by atoms with Crippen molar-refractivity contribution in [2.45, 2.75) is 20.4 Å². The fourth-order valence-electron chi connectivity index (χ4n) is 2.68. The van der Waals surface area contributed by atoms with Gasteiger partial charge in [0.25, 0.3) is 5.56 Å². The second-order valence-electron chi connectivity index (χ2n) is 5.14. The van der Waals surface area contributed by atoms with Crippen molar-refractivity contribution in [3.05, 3.63) is 70.5 Å². The van der Waals surface area contributed by atoms with Crippen molar-refractivity contribution in [1.82, 2.24) is 9.78 Å². The molecule has 0 atom stereocenters. The molecule has 3 heteroatoms. The van der Waals surface area contributed by atoms with Crippen LogP contribution in [0.2, 0.25) is 0 Å². The van der Waals surface area contributed by atoms with E-state index in [9.17, 15) is 4.79 Å². The van der Waals surface area contributed by atoms with Crippen molar-refractivity contribution in [3.8, 4) is 22.4 Å². The lowest BCUT2D eigenvalue weighted by Gasteiger charge is -2.09. The maximum Gasteiger partial charge on any atom is 0.272 e. The summed E-state index contributed by atoms with van der Waals surface area (Å²) < 4.78 is 1.92. The van der Waals surface area contributed by atoms with E-state index in [1.807, 2.05) is 54.1 Å². The van der Waals surface area contributed by atoms with Crippen molar-refractivity contribution >= 4 is 0 Å². The van der Waals surface area contributed by atoms with Gasteiger partial charge in [-0.15, -0.1) is 0 Å². The van der Waals surface area contributed by atoms with E-state index in [4.69, 9.17) is 0 Å². The molecule has 0 aliphatic carbocycles. The zero-order valence-electron chi connectivity index (χ0n) is 12.3. The molecule has 0 radical (unpaired) electrons. The van der Waals surface area contributed by atoms with Crippen molar-refractivity contribution in [2.24, 2.45) is 0 Å². The second-order valence-corrected chi connectivity index (χ2v) is 5.14. The van der Waals surface area contributed by atoms with E-state index in [1.54, 1.807) is 0 Å². The van der Waals surface area contributed by atoms with E-state index < -0.39 is 0 Å². The Morgan fingerprint density at radius 3 is 2.38 bits per heavy atom. The quantitative estimate of drug-likeness (QED) is 0.776. The van der Waals surface area contributed by atoms with Gasteiger partial charge in [-0.25, -0.2) is 0 Å². The maximum atomic E-state index is 12.4. The standard InChI is InChI=1S/C18H18N2O/c1-3-20-17(15-11-7-8-13(2)12-15)16(18(21)19-20)14-9-5-4-6-10-14/h4-12H,3H2,1-2H3,(H,19,21). The molecule has 0 saturated carbocycles. The lowest BCUT2D eigenvalue weighted by molar-refractivity contribution is 0.660. The highest BCUT2D eigenvalue weighted by Gasteiger charge is 2.17. The van der Waals surface area contributed by atoms with E-state index in [2.05, 4.69) is 24.2 Å². The molecule has 0 amide bonds. The van der Waals surface area contributed by atoms with Crippen molar-refractivity contribution in [3.63, 3.8) is 0 Å². The molecular weight excluding hydrogens is 260 g/mol. The molecule has 1 heterocycles. The SMILES string of the molecule is CCn1[nH]c(=O)c(-c2ccccc2)c1-c1cccc(C)c1. The number of rotatable bonds is 3. The third kappa shape index (κ3) is 2.42. The first-order valence-corrected chi connectivity index (χ1v) is 7.16. The number of nitrogens with one attached hydrogen (secondary N) is 1. The summed E-state index contributed by atoms with van der Waals surface area (Å²) in [5, 5.41) is 2.94. The second kappa shape index (κ2) is 5.44. The van der Waals surface area contributed by atoms with Crippen LogP contribution in [0.4, 0.5) is 0 Å². The third-order valence-electron chi connectivity index (χ3n) is 3.64. The first kappa shape index (κ1) is 13.4. The van der Waals surface area contributed by atoms with Gasteiger partial charge in [0.05, 0.1) is 11.3 Å². The fraction of sp³-hybridized carbons (Fsp3) is 0.167. The largest absolute Gasteiger partial charge is 0.284 e. The summed E-state index contributed by atoms with van der Waals surface area (Å²) in [6, 6.07) is 18.1. The lowest BCUT2D eigenvalue weighted by Crippen LogP contribution is -2.05. The Morgan fingerprint density at radius 2 is 1.71 bits per heavy atom. The predicted octanol–water partition coefficient (Wildman–Crippen LogP) is 3.84. The molecule has 0 aliphatic heterocycles. The smallest absolute Gasteiger partial charge is 0.272 e. The fourth-order valence-corrected chi connectivity index (χ4v) is 2.68. The minimum atomic E-state index is -0.0421. The van der Waals surface area contributed by atoms with E-state index in [0.717, 1.165) is 28.9 Å². The highest BCUT2D eigenvalue weighted by Crippen LogP contribution is 2.29. The first-order chi connectivity index (χ1) is 10.2.